The second-order valence-electron chi connectivity index (χ2n) is 1.92. The third kappa shape index (κ3) is 1.50. The molecule has 0 aromatic heterocycles. The van der Waals surface area contributed by atoms with Crippen molar-refractivity contribution in [3.8, 4) is 0 Å². The van der Waals surface area contributed by atoms with E-state index in [1.54, 1.807) is 0 Å². The van der Waals surface area contributed by atoms with Gasteiger partial charge < -0.3 is 0 Å². The zero-order valence-corrected chi connectivity index (χ0v) is 7.45. The molecule has 7 nitrogen and oxygen atoms in total. The molecule has 8 heteroatoms. The summed E-state index contributed by atoms with van der Waals surface area (Å²) < 4.78 is 8.61. The molecule has 0 aromatic carbocycles. The van der Waals surface area contributed by atoms with Crippen LogP contribution in [0, 0.1) is 20.2 Å². The van der Waals surface area contributed by atoms with Crippen molar-refractivity contribution in [3.05, 3.63) is 41.6 Å². The quantitative estimate of drug-likeness (QED) is 0.382. The molecule has 0 saturated heterocycles. The number of hydrogen-bond acceptors (Lipinski definition) is 5. The molecule has 12 heavy (non-hydrogen) atoms. The predicted octanol–water partition coefficient (Wildman–Crippen LogP) is -0.884. The topological polar surface area (TPSA) is 107 Å². The molecule has 0 fully saturated rings. The maximum absolute atomic E-state index is 10.1. The third-order valence-corrected chi connectivity index (χ3v) is 3.83. The van der Waals surface area contributed by atoms with Crippen LogP contribution in [0.2, 0.25) is 0 Å². The van der Waals surface area contributed by atoms with E-state index in [9.17, 15) is 20.2 Å². The van der Waals surface area contributed by atoms with Gasteiger partial charge in [-0.05, 0) is 0 Å². The van der Waals surface area contributed by atoms with Crippen molar-refractivity contribution in [1.29, 1.82) is 0 Å². The standard InChI is InChI=1S/C4H4N2O5Se/c7-5(8)3-1-4(6(9)10)12(11)2-3/h1-2,11-12H. The molecule has 66 valence electrons. The van der Waals surface area contributed by atoms with Gasteiger partial charge in [-0.15, -0.1) is 0 Å². The number of hydrogen-bond donors (Lipinski definition) is 1. The molecule has 1 heterocycles. The van der Waals surface area contributed by atoms with Crippen LogP contribution in [-0.2, 0) is 0 Å². The molecule has 0 aliphatic carbocycles. The van der Waals surface area contributed by atoms with Crippen LogP contribution < -0.4 is 0 Å². The Kier molecular flexibility index (Phi) is 2.22. The van der Waals surface area contributed by atoms with Gasteiger partial charge in [-0.3, -0.25) is 0 Å². The van der Waals surface area contributed by atoms with Crippen molar-refractivity contribution in [3.63, 3.8) is 0 Å². The number of rotatable bonds is 2. The third-order valence-electron chi connectivity index (χ3n) is 1.16. The average Bonchev–Trinajstić information content (AvgIpc) is 2.30. The van der Waals surface area contributed by atoms with Gasteiger partial charge in [0.15, 0.2) is 0 Å². The van der Waals surface area contributed by atoms with E-state index >= 15 is 0 Å². The molecule has 0 radical (unpaired) electrons. The normalized spacial score (nSPS) is 24.6. The van der Waals surface area contributed by atoms with Crippen LogP contribution >= 0.6 is 0 Å². The van der Waals surface area contributed by atoms with E-state index in [2.05, 4.69) is 0 Å². The molecule has 1 atom stereocenters. The van der Waals surface area contributed by atoms with Crippen molar-refractivity contribution < 1.29 is 14.0 Å². The fraction of sp³-hybridized carbons (Fsp3) is 0. The van der Waals surface area contributed by atoms with Gasteiger partial charge in [0.05, 0.1) is 0 Å². The van der Waals surface area contributed by atoms with Gasteiger partial charge in [0.1, 0.15) is 0 Å². The molecule has 1 aliphatic rings. The van der Waals surface area contributed by atoms with Crippen LogP contribution in [-0.4, -0.2) is 28.3 Å². The van der Waals surface area contributed by atoms with E-state index in [1.165, 1.54) is 0 Å². The fourth-order valence-electron chi connectivity index (χ4n) is 0.663. The molecule has 0 amide bonds. The summed E-state index contributed by atoms with van der Waals surface area (Å²) in [5, 5.41) is 20.2. The van der Waals surface area contributed by atoms with Crippen molar-refractivity contribution in [2.75, 3.05) is 0 Å². The van der Waals surface area contributed by atoms with Gasteiger partial charge in [0.2, 0.25) is 0 Å². The van der Waals surface area contributed by atoms with Crippen molar-refractivity contribution in [1.82, 2.24) is 0 Å². The fourth-order valence-corrected chi connectivity index (χ4v) is 2.73. The molecule has 0 bridgehead atoms. The molecular formula is C4H4N2O5Se. The SMILES string of the molecule is O=[N+]([O-])C1=C[SeH](O)C([N+](=O)[O-])=C1. The molecule has 1 N–H and O–H groups in total. The molecule has 1 unspecified atom stereocenters. The Balaban J connectivity index is 2.94. The first-order valence-corrected chi connectivity index (χ1v) is 5.59. The van der Waals surface area contributed by atoms with Crippen LogP contribution in [0.15, 0.2) is 21.3 Å². The molecule has 0 spiro atoms. The Morgan fingerprint density at radius 2 is 1.92 bits per heavy atom. The van der Waals surface area contributed by atoms with E-state index in [0.29, 0.717) is 0 Å². The summed E-state index contributed by atoms with van der Waals surface area (Å²) in [7, 11) is 0. The minimum absolute atomic E-state index is 0.385. The number of allylic oxidation sites excluding steroid dienone is 1. The summed E-state index contributed by atoms with van der Waals surface area (Å²) in [6.45, 7) is 0. The van der Waals surface area contributed by atoms with Crippen LogP contribution in [0.3, 0.4) is 0 Å². The molecular weight excluding hydrogens is 235 g/mol. The van der Waals surface area contributed by atoms with Crippen LogP contribution in [0.25, 0.3) is 0 Å². The summed E-state index contributed by atoms with van der Waals surface area (Å²) in [6, 6.07) is 0. The summed E-state index contributed by atoms with van der Waals surface area (Å²) >= 11 is -2.84. The van der Waals surface area contributed by atoms with E-state index in [1.807, 2.05) is 0 Å². The van der Waals surface area contributed by atoms with Crippen LogP contribution in [0.4, 0.5) is 0 Å². The monoisotopic (exact) mass is 240 g/mol. The molecule has 1 rings (SSSR count). The maximum atomic E-state index is 10.1. The Morgan fingerprint density at radius 3 is 2.17 bits per heavy atom. The van der Waals surface area contributed by atoms with Crippen LogP contribution in [0.1, 0.15) is 0 Å². The van der Waals surface area contributed by atoms with Gasteiger partial charge in [0, 0.05) is 0 Å². The van der Waals surface area contributed by atoms with Gasteiger partial charge in [-0.25, -0.2) is 0 Å². The Morgan fingerprint density at radius 1 is 1.33 bits per heavy atom. The van der Waals surface area contributed by atoms with Gasteiger partial charge >= 0.3 is 69.8 Å². The van der Waals surface area contributed by atoms with Gasteiger partial charge in [0.25, 0.3) is 0 Å². The number of nitro groups is 2. The van der Waals surface area contributed by atoms with Crippen molar-refractivity contribution in [2.45, 2.75) is 0 Å². The summed E-state index contributed by atoms with van der Waals surface area (Å²) in [4.78, 5) is 19.7. The van der Waals surface area contributed by atoms with E-state index < -0.39 is 28.7 Å². The summed E-state index contributed by atoms with van der Waals surface area (Å²) in [6.07, 6.45) is 0.806. The first-order chi connectivity index (χ1) is 5.52. The Bertz CT molecular complexity index is 309. The molecule has 0 aromatic rings. The van der Waals surface area contributed by atoms with Crippen molar-refractivity contribution in [2.24, 2.45) is 0 Å². The minimum atomic E-state index is -2.84. The zero-order chi connectivity index (χ0) is 9.30. The van der Waals surface area contributed by atoms with Gasteiger partial charge in [-0.2, -0.15) is 0 Å². The zero-order valence-electron chi connectivity index (χ0n) is 5.58. The van der Waals surface area contributed by atoms with E-state index in [0.717, 1.165) is 11.1 Å². The summed E-state index contributed by atoms with van der Waals surface area (Å²) in [5.74, 6) is 0. The van der Waals surface area contributed by atoms with Gasteiger partial charge in [-0.1, -0.05) is 0 Å². The first kappa shape index (κ1) is 8.85. The average molecular weight is 239 g/mol. The first-order valence-electron chi connectivity index (χ1n) is 2.73. The summed E-state index contributed by atoms with van der Waals surface area (Å²) in [5.41, 5.74) is -0.385. The predicted molar refractivity (Wildman–Crippen MR) is 39.5 cm³/mol. The second kappa shape index (κ2) is 3.02. The number of nitrogens with zero attached hydrogens (tertiary/aromatic N) is 2. The van der Waals surface area contributed by atoms with E-state index in [-0.39, 0.29) is 5.70 Å². The van der Waals surface area contributed by atoms with Crippen molar-refractivity contribution >= 4 is 14.2 Å². The molecule has 1 aliphatic heterocycles. The Labute approximate surface area is 70.5 Å². The van der Waals surface area contributed by atoms with Crippen LogP contribution in [0.5, 0.6) is 0 Å². The molecule has 0 saturated carbocycles. The van der Waals surface area contributed by atoms with E-state index in [4.69, 9.17) is 4.19 Å². The second-order valence-corrected chi connectivity index (χ2v) is 4.86. The Hall–Kier alpha value is -1.24.